The number of carbonyl (C=O) groups is 1. The average Bonchev–Trinajstić information content (AvgIpc) is 3.06. The Hall–Kier alpha value is -2.39. The van der Waals surface area contributed by atoms with Gasteiger partial charge in [0.15, 0.2) is 11.5 Å². The highest BCUT2D eigenvalue weighted by molar-refractivity contribution is 7.17. The number of rotatable bonds is 4. The van der Waals surface area contributed by atoms with Crippen LogP contribution in [0.5, 0.6) is 0 Å². The van der Waals surface area contributed by atoms with E-state index in [0.29, 0.717) is 16.4 Å². The highest BCUT2D eigenvalue weighted by atomic mass is 32.1. The van der Waals surface area contributed by atoms with Crippen molar-refractivity contribution in [3.63, 3.8) is 0 Å². The second-order valence-corrected chi connectivity index (χ2v) is 9.23. The first kappa shape index (κ1) is 20.9. The quantitative estimate of drug-likeness (QED) is 0.686. The van der Waals surface area contributed by atoms with Gasteiger partial charge in [-0.25, -0.2) is 4.98 Å². The van der Waals surface area contributed by atoms with Gasteiger partial charge in [0.2, 0.25) is 0 Å². The molecular weight excluding hydrogens is 398 g/mol. The number of thiazole rings is 1. The molecule has 0 spiro atoms. The molecule has 1 saturated heterocycles. The van der Waals surface area contributed by atoms with Crippen LogP contribution in [0.4, 0.5) is 16.5 Å². The number of hydrogen-bond acceptors (Lipinski definition) is 7. The third-order valence-corrected chi connectivity index (χ3v) is 6.87. The summed E-state index contributed by atoms with van der Waals surface area (Å²) >= 11 is 1.40. The predicted molar refractivity (Wildman–Crippen MR) is 123 cm³/mol. The molecule has 30 heavy (non-hydrogen) atoms. The van der Waals surface area contributed by atoms with Gasteiger partial charge in [-0.1, -0.05) is 23.8 Å². The maximum absolute atomic E-state index is 13.0. The molecule has 2 aromatic heterocycles. The predicted octanol–water partition coefficient (Wildman–Crippen LogP) is 3.38. The maximum Gasteiger partial charge on any atom is 0.277 e. The average molecular weight is 430 g/mol. The van der Waals surface area contributed by atoms with E-state index in [4.69, 9.17) is 11.5 Å². The van der Waals surface area contributed by atoms with Gasteiger partial charge in [0.1, 0.15) is 15.7 Å². The van der Waals surface area contributed by atoms with E-state index in [0.717, 1.165) is 62.4 Å². The van der Waals surface area contributed by atoms with Crippen LogP contribution in [0.2, 0.25) is 0 Å². The van der Waals surface area contributed by atoms with Crippen molar-refractivity contribution < 1.29 is 4.79 Å². The molecule has 2 aromatic rings. The number of anilines is 3. The number of aromatic nitrogens is 3. The summed E-state index contributed by atoms with van der Waals surface area (Å²) in [6, 6.07) is 0.229. The van der Waals surface area contributed by atoms with Crippen molar-refractivity contribution in [1.29, 1.82) is 0 Å². The van der Waals surface area contributed by atoms with Crippen LogP contribution in [-0.2, 0) is 7.05 Å². The van der Waals surface area contributed by atoms with E-state index >= 15 is 0 Å². The van der Waals surface area contributed by atoms with E-state index < -0.39 is 0 Å². The van der Waals surface area contributed by atoms with Crippen molar-refractivity contribution in [2.45, 2.75) is 57.4 Å². The number of aryl methyl sites for hydroxylation is 1. The van der Waals surface area contributed by atoms with Gasteiger partial charge >= 0.3 is 0 Å². The number of nitrogens with one attached hydrogen (secondary N) is 1. The standard InChI is InChI=1S/C21H31N7OS/c1-27-21(28-11-6-9-15(22)10-12-28)16(13-24-27)25-19(29)17-18(23)30-20(26-17)14-7-4-2-3-5-8-14/h7,13,15H,2-6,8-12,22-23H2,1H3,(H,25,29)/t15-/m1/s1. The fourth-order valence-corrected chi connectivity index (χ4v) is 5.15. The minimum Gasteiger partial charge on any atom is -0.389 e. The summed E-state index contributed by atoms with van der Waals surface area (Å²) in [5, 5.41) is 8.69. The lowest BCUT2D eigenvalue weighted by molar-refractivity contribution is 0.102. The molecule has 9 heteroatoms. The van der Waals surface area contributed by atoms with Crippen molar-refractivity contribution in [2.24, 2.45) is 12.8 Å². The molecule has 0 radical (unpaired) electrons. The molecule has 1 fully saturated rings. The minimum atomic E-state index is -0.287. The Morgan fingerprint density at radius 1 is 1.23 bits per heavy atom. The van der Waals surface area contributed by atoms with Crippen molar-refractivity contribution in [3.05, 3.63) is 23.0 Å². The molecule has 0 bridgehead atoms. The molecule has 0 unspecified atom stereocenters. The van der Waals surface area contributed by atoms with Crippen molar-refractivity contribution >= 4 is 39.3 Å². The normalized spacial score (nSPS) is 20.4. The van der Waals surface area contributed by atoms with E-state index in [1.165, 1.54) is 29.8 Å². The number of allylic oxidation sites excluding steroid dienone is 2. The molecule has 162 valence electrons. The monoisotopic (exact) mass is 429 g/mol. The lowest BCUT2D eigenvalue weighted by atomic mass is 10.1. The molecule has 2 aliphatic rings. The van der Waals surface area contributed by atoms with Crippen LogP contribution in [0.3, 0.4) is 0 Å². The number of nitrogen functional groups attached to an aromatic ring is 1. The molecule has 8 nitrogen and oxygen atoms in total. The van der Waals surface area contributed by atoms with Crippen LogP contribution in [0, 0.1) is 0 Å². The SMILES string of the molecule is Cn1ncc(NC(=O)c2nc(C3=CCCCCC3)sc2N)c1N1CCC[C@@H](N)CC1. The Morgan fingerprint density at radius 3 is 2.97 bits per heavy atom. The van der Waals surface area contributed by atoms with Gasteiger partial charge in [-0.05, 0) is 50.5 Å². The van der Waals surface area contributed by atoms with Crippen molar-refractivity contribution in [3.8, 4) is 0 Å². The fraction of sp³-hybridized carbons (Fsp3) is 0.571. The largest absolute Gasteiger partial charge is 0.389 e. The summed E-state index contributed by atoms with van der Waals surface area (Å²) in [5.74, 6) is 0.614. The zero-order valence-electron chi connectivity index (χ0n) is 17.6. The summed E-state index contributed by atoms with van der Waals surface area (Å²) in [7, 11) is 1.89. The molecule has 1 amide bonds. The number of carbonyl (C=O) groups excluding carboxylic acids is 1. The highest BCUT2D eigenvalue weighted by Crippen LogP contribution is 2.33. The van der Waals surface area contributed by atoms with Crippen LogP contribution in [-0.4, -0.2) is 39.8 Å². The fourth-order valence-electron chi connectivity index (χ4n) is 4.25. The number of nitrogens with two attached hydrogens (primary N) is 2. The van der Waals surface area contributed by atoms with Gasteiger partial charge in [0.25, 0.3) is 5.91 Å². The van der Waals surface area contributed by atoms with Crippen molar-refractivity contribution in [1.82, 2.24) is 14.8 Å². The first-order valence-electron chi connectivity index (χ1n) is 10.8. The van der Waals surface area contributed by atoms with Gasteiger partial charge in [-0.2, -0.15) is 5.10 Å². The third-order valence-electron chi connectivity index (χ3n) is 5.91. The molecule has 4 rings (SSSR count). The minimum absolute atomic E-state index is 0.229. The summed E-state index contributed by atoms with van der Waals surface area (Å²) in [6.07, 6.45) is 12.6. The molecule has 0 aromatic carbocycles. The first-order chi connectivity index (χ1) is 14.5. The van der Waals surface area contributed by atoms with Crippen LogP contribution >= 0.6 is 11.3 Å². The maximum atomic E-state index is 13.0. The van der Waals surface area contributed by atoms with Gasteiger partial charge in [-0.3, -0.25) is 9.48 Å². The number of nitrogens with zero attached hydrogens (tertiary/aromatic N) is 4. The van der Waals surface area contributed by atoms with Gasteiger partial charge < -0.3 is 21.7 Å². The summed E-state index contributed by atoms with van der Waals surface area (Å²) < 4.78 is 1.80. The van der Waals surface area contributed by atoms with Gasteiger partial charge in [-0.15, -0.1) is 0 Å². The Kier molecular flexibility index (Phi) is 6.38. The Bertz CT molecular complexity index is 932. The summed E-state index contributed by atoms with van der Waals surface area (Å²) in [4.78, 5) is 19.9. The molecule has 1 aliphatic carbocycles. The molecule has 1 atom stereocenters. The van der Waals surface area contributed by atoms with Crippen molar-refractivity contribution in [2.75, 3.05) is 29.0 Å². The molecular formula is C21H31N7OS. The van der Waals surface area contributed by atoms with Gasteiger partial charge in [0.05, 0.1) is 6.20 Å². The summed E-state index contributed by atoms with van der Waals surface area (Å²) in [6.45, 7) is 1.74. The lowest BCUT2D eigenvalue weighted by Crippen LogP contribution is -2.29. The second-order valence-electron chi connectivity index (χ2n) is 8.20. The molecule has 0 saturated carbocycles. The Morgan fingerprint density at radius 2 is 2.10 bits per heavy atom. The van der Waals surface area contributed by atoms with E-state index in [9.17, 15) is 4.79 Å². The Balaban J connectivity index is 1.53. The van der Waals surface area contributed by atoms with Crippen LogP contribution in [0.15, 0.2) is 12.3 Å². The van der Waals surface area contributed by atoms with E-state index in [2.05, 4.69) is 26.4 Å². The zero-order valence-corrected chi connectivity index (χ0v) is 18.4. The van der Waals surface area contributed by atoms with Crippen LogP contribution in [0.25, 0.3) is 5.57 Å². The molecule has 3 heterocycles. The van der Waals surface area contributed by atoms with Gasteiger partial charge in [0, 0.05) is 26.2 Å². The smallest absolute Gasteiger partial charge is 0.277 e. The zero-order chi connectivity index (χ0) is 21.1. The van der Waals surface area contributed by atoms with E-state index in [-0.39, 0.29) is 11.9 Å². The first-order valence-corrected chi connectivity index (χ1v) is 11.6. The van der Waals surface area contributed by atoms with Crippen LogP contribution < -0.4 is 21.7 Å². The van der Waals surface area contributed by atoms with Crippen LogP contribution in [0.1, 0.15) is 66.9 Å². The molecule has 5 N–H and O–H groups in total. The summed E-state index contributed by atoms with van der Waals surface area (Å²) in [5.41, 5.74) is 14.5. The van der Waals surface area contributed by atoms with E-state index in [1.54, 1.807) is 10.9 Å². The number of amides is 1. The number of hydrogen-bond donors (Lipinski definition) is 3. The topological polar surface area (TPSA) is 115 Å². The second kappa shape index (κ2) is 9.18. The Labute approximate surface area is 181 Å². The highest BCUT2D eigenvalue weighted by Gasteiger charge is 2.24. The van der Waals surface area contributed by atoms with E-state index in [1.807, 2.05) is 7.05 Å². The molecule has 1 aliphatic heterocycles. The third kappa shape index (κ3) is 4.52. The lowest BCUT2D eigenvalue weighted by Gasteiger charge is -2.24.